The molecule has 1 amide bonds. The highest BCUT2D eigenvalue weighted by Gasteiger charge is 2.38. The average molecular weight is 422 g/mol. The maximum Gasteiger partial charge on any atom is 0.245 e. The van der Waals surface area contributed by atoms with Crippen LogP contribution in [-0.2, 0) is 14.8 Å². The van der Waals surface area contributed by atoms with Crippen LogP contribution < -0.4 is 14.9 Å². The van der Waals surface area contributed by atoms with Crippen molar-refractivity contribution in [3.63, 3.8) is 0 Å². The van der Waals surface area contributed by atoms with E-state index in [0.29, 0.717) is 18.6 Å². The summed E-state index contributed by atoms with van der Waals surface area (Å²) in [6, 6.07) is 12.0. The van der Waals surface area contributed by atoms with Gasteiger partial charge in [-0.25, -0.2) is 23.0 Å². The van der Waals surface area contributed by atoms with E-state index in [1.807, 2.05) is 0 Å². The van der Waals surface area contributed by atoms with Gasteiger partial charge in [0.05, 0.1) is 4.90 Å². The van der Waals surface area contributed by atoms with E-state index in [1.54, 1.807) is 35.8 Å². The first-order chi connectivity index (χ1) is 13.8. The molecule has 156 valence electrons. The number of halogens is 1. The van der Waals surface area contributed by atoms with Gasteiger partial charge in [-0.05, 0) is 43.2 Å². The second kappa shape index (κ2) is 8.89. The Hall–Kier alpha value is -2.49. The van der Waals surface area contributed by atoms with Gasteiger partial charge in [-0.15, -0.1) is 0 Å². The Labute approximate surface area is 168 Å². The molecule has 3 rings (SSSR count). The summed E-state index contributed by atoms with van der Waals surface area (Å²) in [6.45, 7) is 0. The first-order valence-electron chi connectivity index (χ1n) is 9.33. The number of benzene rings is 2. The molecule has 1 aliphatic carbocycles. The number of sulfonamides is 1. The molecule has 3 N–H and O–H groups in total. The van der Waals surface area contributed by atoms with Crippen molar-refractivity contribution in [2.45, 2.75) is 49.0 Å². The summed E-state index contributed by atoms with van der Waals surface area (Å²) in [7, 11) is -4.09. The zero-order valence-corrected chi connectivity index (χ0v) is 16.5. The summed E-state index contributed by atoms with van der Waals surface area (Å²) in [4.78, 5) is 11.4. The fourth-order valence-electron chi connectivity index (χ4n) is 3.58. The molecule has 0 atom stereocenters. The molecule has 1 fully saturated rings. The van der Waals surface area contributed by atoms with Crippen LogP contribution in [0.2, 0.25) is 0 Å². The molecular weight excluding hydrogens is 399 g/mol. The number of rotatable bonds is 7. The van der Waals surface area contributed by atoms with Gasteiger partial charge in [-0.3, -0.25) is 10.0 Å². The van der Waals surface area contributed by atoms with E-state index in [0.717, 1.165) is 25.3 Å². The molecule has 2 aromatic carbocycles. The van der Waals surface area contributed by atoms with Crippen molar-refractivity contribution < 1.29 is 27.5 Å². The van der Waals surface area contributed by atoms with Gasteiger partial charge in [0.15, 0.2) is 11.6 Å². The Bertz CT molecular complexity index is 960. The lowest BCUT2D eigenvalue weighted by atomic mass is 9.80. The van der Waals surface area contributed by atoms with Crippen LogP contribution in [0.3, 0.4) is 0 Å². The lowest BCUT2D eigenvalue weighted by Gasteiger charge is -2.37. The fraction of sp³-hybridized carbons (Fsp3) is 0.350. The van der Waals surface area contributed by atoms with E-state index >= 15 is 0 Å². The summed E-state index contributed by atoms with van der Waals surface area (Å²) in [5.74, 6) is -1.16. The molecule has 0 aromatic heterocycles. The number of carbonyl (C=O) groups excluding carboxylic acids is 1. The predicted octanol–water partition coefficient (Wildman–Crippen LogP) is 3.49. The Morgan fingerprint density at radius 2 is 1.79 bits per heavy atom. The monoisotopic (exact) mass is 422 g/mol. The third kappa shape index (κ3) is 5.31. The maximum atomic E-state index is 14.5. The van der Waals surface area contributed by atoms with Gasteiger partial charge in [0.25, 0.3) is 0 Å². The number of hydrogen-bond donors (Lipinski definition) is 3. The van der Waals surface area contributed by atoms with E-state index in [-0.39, 0.29) is 17.1 Å². The van der Waals surface area contributed by atoms with Crippen molar-refractivity contribution in [3.8, 4) is 11.5 Å². The van der Waals surface area contributed by atoms with Crippen LogP contribution >= 0.6 is 0 Å². The molecule has 0 saturated heterocycles. The SMILES string of the molecule is O=C(CC1(NS(=O)(=O)c2ccc(Oc3ccccc3)c(F)c2)CCCCC1)NO. The average Bonchev–Trinajstić information content (AvgIpc) is 2.70. The Morgan fingerprint density at radius 1 is 1.10 bits per heavy atom. The van der Waals surface area contributed by atoms with Crippen LogP contribution in [0.25, 0.3) is 0 Å². The molecule has 0 heterocycles. The zero-order chi connectivity index (χ0) is 20.9. The normalized spacial score (nSPS) is 16.2. The number of amides is 1. The van der Waals surface area contributed by atoms with E-state index in [4.69, 9.17) is 9.94 Å². The lowest BCUT2D eigenvalue weighted by Crippen LogP contribution is -2.52. The van der Waals surface area contributed by atoms with Crippen LogP contribution in [0.15, 0.2) is 53.4 Å². The van der Waals surface area contributed by atoms with Crippen molar-refractivity contribution in [1.82, 2.24) is 10.2 Å². The van der Waals surface area contributed by atoms with Gasteiger partial charge in [0.1, 0.15) is 5.75 Å². The summed E-state index contributed by atoms with van der Waals surface area (Å²) in [6.07, 6.45) is 3.15. The number of hydroxylamine groups is 1. The highest BCUT2D eigenvalue weighted by molar-refractivity contribution is 7.89. The summed E-state index contributed by atoms with van der Waals surface area (Å²) >= 11 is 0. The first kappa shape index (κ1) is 21.2. The van der Waals surface area contributed by atoms with E-state index in [1.165, 1.54) is 12.1 Å². The van der Waals surface area contributed by atoms with E-state index < -0.39 is 27.3 Å². The molecule has 7 nitrogen and oxygen atoms in total. The highest BCUT2D eigenvalue weighted by Crippen LogP contribution is 2.33. The fourth-order valence-corrected chi connectivity index (χ4v) is 5.05. The van der Waals surface area contributed by atoms with Crippen LogP contribution in [-0.4, -0.2) is 25.1 Å². The minimum Gasteiger partial charge on any atom is -0.454 e. The predicted molar refractivity (Wildman–Crippen MR) is 104 cm³/mol. The number of nitrogens with one attached hydrogen (secondary N) is 2. The zero-order valence-electron chi connectivity index (χ0n) is 15.7. The van der Waals surface area contributed by atoms with Gasteiger partial charge >= 0.3 is 0 Å². The molecule has 0 bridgehead atoms. The molecule has 9 heteroatoms. The van der Waals surface area contributed by atoms with Crippen molar-refractivity contribution in [2.24, 2.45) is 0 Å². The number of para-hydroxylation sites is 1. The summed E-state index contributed by atoms with van der Waals surface area (Å²) in [5.41, 5.74) is 0.538. The molecular formula is C20H23FN2O5S. The van der Waals surface area contributed by atoms with Crippen LogP contribution in [0, 0.1) is 5.82 Å². The number of carbonyl (C=O) groups is 1. The Morgan fingerprint density at radius 3 is 2.41 bits per heavy atom. The van der Waals surface area contributed by atoms with Crippen molar-refractivity contribution >= 4 is 15.9 Å². The van der Waals surface area contributed by atoms with Crippen molar-refractivity contribution in [2.75, 3.05) is 0 Å². The van der Waals surface area contributed by atoms with Crippen molar-refractivity contribution in [3.05, 3.63) is 54.3 Å². The molecule has 2 aromatic rings. The second-order valence-electron chi connectivity index (χ2n) is 7.17. The number of ether oxygens (including phenoxy) is 1. The minimum atomic E-state index is -4.09. The molecule has 0 unspecified atom stereocenters. The van der Waals surface area contributed by atoms with E-state index in [2.05, 4.69) is 4.72 Å². The maximum absolute atomic E-state index is 14.5. The second-order valence-corrected chi connectivity index (χ2v) is 8.85. The minimum absolute atomic E-state index is 0.0952. The molecule has 1 saturated carbocycles. The number of hydrogen-bond acceptors (Lipinski definition) is 5. The summed E-state index contributed by atoms with van der Waals surface area (Å²) in [5, 5.41) is 8.84. The van der Waals surface area contributed by atoms with Crippen LogP contribution in [0.5, 0.6) is 11.5 Å². The van der Waals surface area contributed by atoms with Gasteiger partial charge in [-0.1, -0.05) is 37.5 Å². The molecule has 0 aliphatic heterocycles. The van der Waals surface area contributed by atoms with Crippen molar-refractivity contribution in [1.29, 1.82) is 0 Å². The summed E-state index contributed by atoms with van der Waals surface area (Å²) < 4.78 is 48.3. The highest BCUT2D eigenvalue weighted by atomic mass is 32.2. The Kier molecular flexibility index (Phi) is 6.51. The first-order valence-corrected chi connectivity index (χ1v) is 10.8. The molecule has 29 heavy (non-hydrogen) atoms. The van der Waals surface area contributed by atoms with Gasteiger partial charge in [0.2, 0.25) is 15.9 Å². The Balaban J connectivity index is 1.82. The lowest BCUT2D eigenvalue weighted by molar-refractivity contribution is -0.130. The molecule has 1 aliphatic rings. The quantitative estimate of drug-likeness (QED) is 0.468. The van der Waals surface area contributed by atoms with E-state index in [9.17, 15) is 17.6 Å². The van der Waals surface area contributed by atoms with Gasteiger partial charge in [-0.2, -0.15) is 0 Å². The molecule has 0 spiro atoms. The van der Waals surface area contributed by atoms with Gasteiger partial charge < -0.3 is 4.74 Å². The largest absolute Gasteiger partial charge is 0.454 e. The van der Waals surface area contributed by atoms with Crippen LogP contribution in [0.4, 0.5) is 4.39 Å². The third-order valence-electron chi connectivity index (χ3n) is 4.97. The molecule has 0 radical (unpaired) electrons. The third-order valence-corrected chi connectivity index (χ3v) is 6.55. The smallest absolute Gasteiger partial charge is 0.245 e. The topological polar surface area (TPSA) is 105 Å². The standard InChI is InChI=1S/C20H23FN2O5S/c21-17-13-16(9-10-18(17)28-15-7-3-1-4-8-15)29(26,27)23-20(14-19(24)22-25)11-5-2-6-12-20/h1,3-4,7-10,13,23,25H,2,5-6,11-12,14H2,(H,22,24). The van der Waals surface area contributed by atoms with Gasteiger partial charge in [0, 0.05) is 12.0 Å². The van der Waals surface area contributed by atoms with Crippen LogP contribution in [0.1, 0.15) is 38.5 Å².